The first kappa shape index (κ1) is 17.3. The molecule has 2 aromatic heterocycles. The maximum atomic E-state index is 12.7. The molecular formula is C19H16N4O3S. The number of fused-ring (bicyclic) bond motifs is 1. The lowest BCUT2D eigenvalue weighted by Crippen LogP contribution is -2.29. The Morgan fingerprint density at radius 1 is 1.30 bits per heavy atom. The zero-order valence-electron chi connectivity index (χ0n) is 14.4. The topological polar surface area (TPSA) is 89.2 Å². The van der Waals surface area contributed by atoms with Crippen molar-refractivity contribution in [2.75, 3.05) is 11.4 Å². The van der Waals surface area contributed by atoms with Gasteiger partial charge in [0.2, 0.25) is 5.91 Å². The van der Waals surface area contributed by atoms with Crippen LogP contribution in [-0.4, -0.2) is 27.3 Å². The molecule has 136 valence electrons. The van der Waals surface area contributed by atoms with Gasteiger partial charge in [-0.2, -0.15) is 0 Å². The van der Waals surface area contributed by atoms with Crippen molar-refractivity contribution in [3.8, 4) is 10.7 Å². The lowest BCUT2D eigenvalue weighted by Gasteiger charge is -2.16. The molecule has 4 rings (SSSR count). The first-order valence-corrected chi connectivity index (χ1v) is 9.43. The Hall–Kier alpha value is -3.13. The van der Waals surface area contributed by atoms with Crippen molar-refractivity contribution < 1.29 is 9.72 Å². The Morgan fingerprint density at radius 2 is 2.19 bits per heavy atom. The van der Waals surface area contributed by atoms with Gasteiger partial charge in [0.05, 0.1) is 22.0 Å². The highest BCUT2D eigenvalue weighted by Crippen LogP contribution is 2.32. The number of nitro groups is 1. The predicted molar refractivity (Wildman–Crippen MR) is 103 cm³/mol. The van der Waals surface area contributed by atoms with Crippen LogP contribution >= 0.6 is 11.3 Å². The van der Waals surface area contributed by atoms with Gasteiger partial charge < -0.3 is 4.90 Å². The molecule has 7 nitrogen and oxygen atoms in total. The number of pyridine rings is 1. The van der Waals surface area contributed by atoms with Crippen LogP contribution in [0.3, 0.4) is 0 Å². The Balaban J connectivity index is 1.44. The van der Waals surface area contributed by atoms with E-state index in [0.29, 0.717) is 25.1 Å². The fourth-order valence-electron chi connectivity index (χ4n) is 3.14. The summed E-state index contributed by atoms with van der Waals surface area (Å²) in [6.07, 6.45) is 3.29. The lowest BCUT2D eigenvalue weighted by atomic mass is 10.1. The molecule has 0 N–H and O–H groups in total. The first-order chi connectivity index (χ1) is 13.1. The molecule has 0 saturated carbocycles. The average molecular weight is 380 g/mol. The van der Waals surface area contributed by atoms with Gasteiger partial charge in [-0.15, -0.1) is 11.3 Å². The molecule has 0 aliphatic carbocycles. The van der Waals surface area contributed by atoms with E-state index in [1.54, 1.807) is 17.2 Å². The molecule has 3 heterocycles. The van der Waals surface area contributed by atoms with E-state index in [-0.39, 0.29) is 11.6 Å². The molecule has 0 atom stereocenters. The van der Waals surface area contributed by atoms with E-state index in [1.165, 1.54) is 23.5 Å². The Morgan fingerprint density at radius 3 is 2.96 bits per heavy atom. The number of hydrogen-bond acceptors (Lipinski definition) is 6. The third-order valence-corrected chi connectivity index (χ3v) is 5.42. The Bertz CT molecular complexity index is 1000. The molecular weight excluding hydrogens is 364 g/mol. The zero-order valence-corrected chi connectivity index (χ0v) is 15.2. The number of benzene rings is 1. The van der Waals surface area contributed by atoms with Crippen molar-refractivity contribution in [2.24, 2.45) is 0 Å². The molecule has 0 spiro atoms. The van der Waals surface area contributed by atoms with Crippen molar-refractivity contribution in [3.05, 3.63) is 69.3 Å². The number of rotatable bonds is 5. The number of nitro benzene ring substituents is 1. The van der Waals surface area contributed by atoms with Gasteiger partial charge in [-0.05, 0) is 30.5 Å². The van der Waals surface area contributed by atoms with Crippen molar-refractivity contribution in [1.82, 2.24) is 9.97 Å². The van der Waals surface area contributed by atoms with Crippen LogP contribution in [0.15, 0.2) is 48.0 Å². The van der Waals surface area contributed by atoms with E-state index in [9.17, 15) is 14.9 Å². The van der Waals surface area contributed by atoms with Crippen LogP contribution in [-0.2, 0) is 17.6 Å². The maximum Gasteiger partial charge on any atom is 0.271 e. The normalized spacial score (nSPS) is 12.8. The average Bonchev–Trinajstić information content (AvgIpc) is 3.33. The summed E-state index contributed by atoms with van der Waals surface area (Å²) in [5.41, 5.74) is 3.31. The Labute approximate surface area is 159 Å². The third-order valence-electron chi connectivity index (χ3n) is 4.51. The molecule has 8 heteroatoms. The molecule has 0 unspecified atom stereocenters. The number of aromatic nitrogens is 2. The fourth-order valence-corrected chi connectivity index (χ4v) is 3.97. The van der Waals surface area contributed by atoms with Crippen LogP contribution in [0, 0.1) is 10.1 Å². The number of aryl methyl sites for hydroxylation is 1. The van der Waals surface area contributed by atoms with E-state index in [2.05, 4.69) is 9.97 Å². The molecule has 1 aliphatic heterocycles. The van der Waals surface area contributed by atoms with Crippen LogP contribution in [0.1, 0.15) is 17.7 Å². The van der Waals surface area contributed by atoms with E-state index < -0.39 is 4.92 Å². The summed E-state index contributed by atoms with van der Waals surface area (Å²) in [5.74, 6) is -0.0402. The summed E-state index contributed by atoms with van der Waals surface area (Å²) in [6, 6.07) is 10.4. The van der Waals surface area contributed by atoms with Crippen molar-refractivity contribution in [2.45, 2.75) is 19.3 Å². The van der Waals surface area contributed by atoms with Crippen LogP contribution in [0.4, 0.5) is 11.4 Å². The first-order valence-electron chi connectivity index (χ1n) is 8.55. The van der Waals surface area contributed by atoms with Crippen LogP contribution in [0.25, 0.3) is 10.7 Å². The van der Waals surface area contributed by atoms with E-state index in [0.717, 1.165) is 28.4 Å². The number of amides is 1. The largest absolute Gasteiger partial charge is 0.312 e. The molecule has 1 amide bonds. The quantitative estimate of drug-likeness (QED) is 0.498. The van der Waals surface area contributed by atoms with Crippen molar-refractivity contribution in [3.63, 3.8) is 0 Å². The molecule has 27 heavy (non-hydrogen) atoms. The van der Waals surface area contributed by atoms with Gasteiger partial charge in [0.15, 0.2) is 0 Å². The van der Waals surface area contributed by atoms with Crippen LogP contribution < -0.4 is 4.90 Å². The molecule has 1 aromatic carbocycles. The molecule has 0 fully saturated rings. The summed E-state index contributed by atoms with van der Waals surface area (Å²) < 4.78 is 0. The fraction of sp³-hybridized carbons (Fsp3) is 0.211. The van der Waals surface area contributed by atoms with Crippen LogP contribution in [0.2, 0.25) is 0 Å². The molecule has 3 aromatic rings. The zero-order chi connectivity index (χ0) is 18.8. The maximum absolute atomic E-state index is 12.7. The van der Waals surface area contributed by atoms with Gasteiger partial charge in [0.1, 0.15) is 5.01 Å². The van der Waals surface area contributed by atoms with E-state index in [1.807, 2.05) is 23.6 Å². The summed E-state index contributed by atoms with van der Waals surface area (Å²) >= 11 is 1.51. The summed E-state index contributed by atoms with van der Waals surface area (Å²) in [6.45, 7) is 0.561. The second-order valence-electron chi connectivity index (χ2n) is 6.22. The number of carbonyl (C=O) groups is 1. The SMILES string of the molecule is O=C(CCc1csc(-c2ccccn2)n1)N1CCc2ccc([N+](=O)[O-])cc21. The summed E-state index contributed by atoms with van der Waals surface area (Å²) in [4.78, 5) is 33.7. The number of thiazole rings is 1. The van der Waals surface area contributed by atoms with Crippen molar-refractivity contribution >= 4 is 28.6 Å². The number of hydrogen-bond donors (Lipinski definition) is 0. The predicted octanol–water partition coefficient (Wildman–Crippen LogP) is 3.64. The lowest BCUT2D eigenvalue weighted by molar-refractivity contribution is -0.384. The smallest absolute Gasteiger partial charge is 0.271 e. The number of nitrogens with zero attached hydrogens (tertiary/aromatic N) is 4. The van der Waals surface area contributed by atoms with E-state index >= 15 is 0 Å². The van der Waals surface area contributed by atoms with Gasteiger partial charge in [-0.25, -0.2) is 4.98 Å². The van der Waals surface area contributed by atoms with Gasteiger partial charge in [0, 0.05) is 36.7 Å². The molecule has 0 saturated heterocycles. The summed E-state index contributed by atoms with van der Waals surface area (Å²) in [5, 5.41) is 13.8. The standard InChI is InChI=1S/C19H16N4O3S/c24-18(22-10-8-13-4-6-15(23(25)26)11-17(13)22)7-5-14-12-27-19(21-14)16-3-1-2-9-20-16/h1-4,6,9,11-12H,5,7-8,10H2. The van der Waals surface area contributed by atoms with Crippen LogP contribution in [0.5, 0.6) is 0 Å². The minimum absolute atomic E-state index is 0.00736. The second-order valence-corrected chi connectivity index (χ2v) is 7.08. The number of carbonyl (C=O) groups excluding carboxylic acids is 1. The minimum atomic E-state index is -0.435. The second kappa shape index (κ2) is 7.24. The Kier molecular flexibility index (Phi) is 4.64. The molecule has 0 radical (unpaired) electrons. The van der Waals surface area contributed by atoms with Gasteiger partial charge >= 0.3 is 0 Å². The van der Waals surface area contributed by atoms with Gasteiger partial charge in [-0.1, -0.05) is 12.1 Å². The third kappa shape index (κ3) is 3.56. The highest BCUT2D eigenvalue weighted by Gasteiger charge is 2.26. The molecule has 1 aliphatic rings. The minimum Gasteiger partial charge on any atom is -0.312 e. The number of non-ortho nitro benzene ring substituents is 1. The monoisotopic (exact) mass is 380 g/mol. The number of anilines is 1. The highest BCUT2D eigenvalue weighted by molar-refractivity contribution is 7.13. The van der Waals surface area contributed by atoms with Gasteiger partial charge in [0.25, 0.3) is 5.69 Å². The highest BCUT2D eigenvalue weighted by atomic mass is 32.1. The summed E-state index contributed by atoms with van der Waals surface area (Å²) in [7, 11) is 0. The molecule has 0 bridgehead atoms. The van der Waals surface area contributed by atoms with E-state index in [4.69, 9.17) is 0 Å². The van der Waals surface area contributed by atoms with Crippen molar-refractivity contribution in [1.29, 1.82) is 0 Å². The van der Waals surface area contributed by atoms with Gasteiger partial charge in [-0.3, -0.25) is 19.9 Å².